The van der Waals surface area contributed by atoms with Gasteiger partial charge in [0.15, 0.2) is 0 Å². The van der Waals surface area contributed by atoms with E-state index < -0.39 is 0 Å². The van der Waals surface area contributed by atoms with Crippen molar-refractivity contribution in [1.82, 2.24) is 0 Å². The Morgan fingerprint density at radius 2 is 1.58 bits per heavy atom. The number of ether oxygens (including phenoxy) is 2. The fourth-order valence-corrected chi connectivity index (χ4v) is 2.06. The highest BCUT2D eigenvalue weighted by molar-refractivity contribution is 6.04. The van der Waals surface area contributed by atoms with Gasteiger partial charge in [0.05, 0.1) is 7.11 Å². The Morgan fingerprint density at radius 1 is 0.958 bits per heavy atom. The molecule has 5 heteroatoms. The van der Waals surface area contributed by atoms with Gasteiger partial charge in [-0.15, -0.1) is 0 Å². The third-order valence-corrected chi connectivity index (χ3v) is 3.43. The largest absolute Gasteiger partial charge is 0.497 e. The van der Waals surface area contributed by atoms with Gasteiger partial charge < -0.3 is 14.8 Å². The number of nitrogens with one attached hydrogen (secondary N) is 1. The summed E-state index contributed by atoms with van der Waals surface area (Å²) in [5.74, 6) is 0.677. The lowest BCUT2D eigenvalue weighted by atomic mass is 10.2. The SMILES string of the molecule is CCCCC(=O)Oc1ccc(C(=O)Nc2ccc(OC)cc2)cc1. The van der Waals surface area contributed by atoms with Crippen molar-refractivity contribution < 1.29 is 19.1 Å². The Balaban J connectivity index is 1.93. The summed E-state index contributed by atoms with van der Waals surface area (Å²) < 4.78 is 10.3. The van der Waals surface area contributed by atoms with Crippen LogP contribution in [0, 0.1) is 0 Å². The Morgan fingerprint density at radius 3 is 2.17 bits per heavy atom. The van der Waals surface area contributed by atoms with E-state index in [1.807, 2.05) is 6.92 Å². The zero-order valence-electron chi connectivity index (χ0n) is 13.9. The molecule has 0 radical (unpaired) electrons. The first-order valence-corrected chi connectivity index (χ1v) is 7.88. The van der Waals surface area contributed by atoms with Crippen molar-refractivity contribution >= 4 is 17.6 Å². The van der Waals surface area contributed by atoms with E-state index in [2.05, 4.69) is 5.32 Å². The van der Waals surface area contributed by atoms with Crippen LogP contribution < -0.4 is 14.8 Å². The minimum absolute atomic E-state index is 0.232. The van der Waals surface area contributed by atoms with E-state index in [0.717, 1.165) is 18.6 Å². The minimum Gasteiger partial charge on any atom is -0.497 e. The van der Waals surface area contributed by atoms with Crippen LogP contribution in [0.25, 0.3) is 0 Å². The molecule has 0 bridgehead atoms. The van der Waals surface area contributed by atoms with Crippen molar-refractivity contribution in [2.24, 2.45) is 0 Å². The van der Waals surface area contributed by atoms with E-state index in [9.17, 15) is 9.59 Å². The second-order valence-electron chi connectivity index (χ2n) is 5.28. The van der Waals surface area contributed by atoms with Gasteiger partial charge >= 0.3 is 5.97 Å². The zero-order chi connectivity index (χ0) is 17.4. The summed E-state index contributed by atoms with van der Waals surface area (Å²) in [5, 5.41) is 2.80. The Labute approximate surface area is 141 Å². The number of rotatable bonds is 7. The molecule has 0 heterocycles. The van der Waals surface area contributed by atoms with Gasteiger partial charge in [0.1, 0.15) is 11.5 Å². The lowest BCUT2D eigenvalue weighted by Gasteiger charge is -2.07. The molecule has 0 saturated heterocycles. The van der Waals surface area contributed by atoms with E-state index in [4.69, 9.17) is 9.47 Å². The van der Waals surface area contributed by atoms with Crippen LogP contribution in [0.2, 0.25) is 0 Å². The number of hydrogen-bond donors (Lipinski definition) is 1. The third kappa shape index (κ3) is 5.12. The van der Waals surface area contributed by atoms with Crippen LogP contribution in [-0.2, 0) is 4.79 Å². The maximum Gasteiger partial charge on any atom is 0.311 e. The number of unbranched alkanes of at least 4 members (excludes halogenated alkanes) is 1. The Hall–Kier alpha value is -2.82. The van der Waals surface area contributed by atoms with Gasteiger partial charge in [-0.2, -0.15) is 0 Å². The van der Waals surface area contributed by atoms with Crippen molar-refractivity contribution in [2.45, 2.75) is 26.2 Å². The molecular formula is C19H21NO4. The smallest absolute Gasteiger partial charge is 0.311 e. The first-order valence-electron chi connectivity index (χ1n) is 7.88. The van der Waals surface area contributed by atoms with Gasteiger partial charge in [-0.25, -0.2) is 0 Å². The zero-order valence-corrected chi connectivity index (χ0v) is 13.9. The van der Waals surface area contributed by atoms with Gasteiger partial charge in [-0.05, 0) is 55.0 Å². The summed E-state index contributed by atoms with van der Waals surface area (Å²) in [7, 11) is 1.59. The lowest BCUT2D eigenvalue weighted by Crippen LogP contribution is -2.12. The number of esters is 1. The van der Waals surface area contributed by atoms with Gasteiger partial charge in [-0.1, -0.05) is 13.3 Å². The topological polar surface area (TPSA) is 64.6 Å². The molecule has 5 nitrogen and oxygen atoms in total. The highest BCUT2D eigenvalue weighted by Gasteiger charge is 2.08. The molecule has 0 atom stereocenters. The first kappa shape index (κ1) is 17.5. The molecule has 0 spiro atoms. The highest BCUT2D eigenvalue weighted by atomic mass is 16.5. The third-order valence-electron chi connectivity index (χ3n) is 3.43. The predicted octanol–water partition coefficient (Wildman–Crippen LogP) is 4.04. The van der Waals surface area contributed by atoms with Crippen molar-refractivity contribution in [1.29, 1.82) is 0 Å². The van der Waals surface area contributed by atoms with Crippen LogP contribution in [0.5, 0.6) is 11.5 Å². The molecule has 0 aliphatic heterocycles. The Kier molecular flexibility index (Phi) is 6.37. The van der Waals surface area contributed by atoms with Crippen LogP contribution in [0.15, 0.2) is 48.5 Å². The summed E-state index contributed by atoms with van der Waals surface area (Å²) >= 11 is 0. The molecular weight excluding hydrogens is 306 g/mol. The Bertz CT molecular complexity index is 678. The molecule has 1 amide bonds. The quantitative estimate of drug-likeness (QED) is 0.615. The van der Waals surface area contributed by atoms with E-state index in [1.165, 1.54) is 0 Å². The molecule has 2 rings (SSSR count). The fourth-order valence-electron chi connectivity index (χ4n) is 2.06. The number of amides is 1. The summed E-state index contributed by atoms with van der Waals surface area (Å²) in [6.07, 6.45) is 2.15. The molecule has 0 unspecified atom stereocenters. The van der Waals surface area contributed by atoms with Crippen LogP contribution in [-0.4, -0.2) is 19.0 Å². The lowest BCUT2D eigenvalue weighted by molar-refractivity contribution is -0.134. The summed E-state index contributed by atoms with van der Waals surface area (Å²) in [6.45, 7) is 2.02. The van der Waals surface area contributed by atoms with E-state index in [0.29, 0.717) is 23.4 Å². The molecule has 0 aliphatic rings. The van der Waals surface area contributed by atoms with Crippen LogP contribution >= 0.6 is 0 Å². The highest BCUT2D eigenvalue weighted by Crippen LogP contribution is 2.17. The predicted molar refractivity (Wildman–Crippen MR) is 92.5 cm³/mol. The van der Waals surface area contributed by atoms with Gasteiger partial charge in [0, 0.05) is 17.7 Å². The van der Waals surface area contributed by atoms with Crippen molar-refractivity contribution in [3.63, 3.8) is 0 Å². The maximum absolute atomic E-state index is 12.2. The standard InChI is InChI=1S/C19H21NO4/c1-3-4-5-18(21)24-17-10-6-14(7-11-17)19(22)20-15-8-12-16(23-2)13-9-15/h6-13H,3-5H2,1-2H3,(H,20,22). The van der Waals surface area contributed by atoms with Crippen molar-refractivity contribution in [2.75, 3.05) is 12.4 Å². The monoisotopic (exact) mass is 327 g/mol. The van der Waals surface area contributed by atoms with E-state index in [-0.39, 0.29) is 11.9 Å². The van der Waals surface area contributed by atoms with Crippen LogP contribution in [0.3, 0.4) is 0 Å². The molecule has 126 valence electrons. The average molecular weight is 327 g/mol. The number of methoxy groups -OCH3 is 1. The van der Waals surface area contributed by atoms with E-state index >= 15 is 0 Å². The molecule has 0 aromatic heterocycles. The molecule has 0 saturated carbocycles. The maximum atomic E-state index is 12.2. The second kappa shape index (κ2) is 8.72. The molecule has 2 aromatic rings. The van der Waals surface area contributed by atoms with Crippen molar-refractivity contribution in [3.05, 3.63) is 54.1 Å². The summed E-state index contributed by atoms with van der Waals surface area (Å²) in [6, 6.07) is 13.6. The summed E-state index contributed by atoms with van der Waals surface area (Å²) in [4.78, 5) is 23.8. The van der Waals surface area contributed by atoms with Crippen LogP contribution in [0.4, 0.5) is 5.69 Å². The number of carbonyl (C=O) groups excluding carboxylic acids is 2. The average Bonchev–Trinajstić information content (AvgIpc) is 2.61. The van der Waals surface area contributed by atoms with Crippen LogP contribution in [0.1, 0.15) is 36.5 Å². The van der Waals surface area contributed by atoms with Gasteiger partial charge in [0.2, 0.25) is 0 Å². The van der Waals surface area contributed by atoms with Gasteiger partial charge in [0.25, 0.3) is 5.91 Å². The first-order chi connectivity index (χ1) is 11.6. The fraction of sp³-hybridized carbons (Fsp3) is 0.263. The summed E-state index contributed by atoms with van der Waals surface area (Å²) in [5.41, 5.74) is 1.16. The number of anilines is 1. The van der Waals surface area contributed by atoms with Crippen molar-refractivity contribution in [3.8, 4) is 11.5 Å². The number of benzene rings is 2. The molecule has 24 heavy (non-hydrogen) atoms. The molecule has 0 fully saturated rings. The minimum atomic E-state index is -0.257. The molecule has 0 aliphatic carbocycles. The molecule has 1 N–H and O–H groups in total. The van der Waals surface area contributed by atoms with Gasteiger partial charge in [-0.3, -0.25) is 9.59 Å². The second-order valence-corrected chi connectivity index (χ2v) is 5.28. The number of carbonyl (C=O) groups is 2. The number of hydrogen-bond acceptors (Lipinski definition) is 4. The molecule has 2 aromatic carbocycles. The van der Waals surface area contributed by atoms with E-state index in [1.54, 1.807) is 55.6 Å². The normalized spacial score (nSPS) is 10.1.